The summed E-state index contributed by atoms with van der Waals surface area (Å²) in [4.78, 5) is 35.6. The second-order valence-corrected chi connectivity index (χ2v) is 8.25. The smallest absolute Gasteiger partial charge is 0.407 e. The van der Waals surface area contributed by atoms with E-state index in [4.69, 9.17) is 9.47 Å². The van der Waals surface area contributed by atoms with E-state index in [9.17, 15) is 14.4 Å². The van der Waals surface area contributed by atoms with E-state index in [1.807, 2.05) is 36.4 Å². The summed E-state index contributed by atoms with van der Waals surface area (Å²) in [6.45, 7) is 5.85. The SMILES string of the molecule is COc1ccc(/C=C/C(=O)NCc2ccc(NC(=O)CCNC(=O)OC(C)(C)C)cc2)cc1. The summed E-state index contributed by atoms with van der Waals surface area (Å²) in [6, 6.07) is 14.5. The molecule has 0 atom stereocenters. The second kappa shape index (κ2) is 12.3. The van der Waals surface area contributed by atoms with Crippen LogP contribution in [0, 0.1) is 0 Å². The monoisotopic (exact) mass is 453 g/mol. The molecule has 0 radical (unpaired) electrons. The van der Waals surface area contributed by atoms with E-state index in [0.29, 0.717) is 12.2 Å². The fourth-order valence-corrected chi connectivity index (χ4v) is 2.66. The zero-order chi connectivity index (χ0) is 24.3. The average Bonchev–Trinajstić information content (AvgIpc) is 2.76. The van der Waals surface area contributed by atoms with E-state index in [1.165, 1.54) is 6.08 Å². The van der Waals surface area contributed by atoms with Crippen molar-refractivity contribution in [3.8, 4) is 5.75 Å². The number of benzene rings is 2. The third-order valence-corrected chi connectivity index (χ3v) is 4.27. The van der Waals surface area contributed by atoms with Gasteiger partial charge >= 0.3 is 6.09 Å². The molecule has 3 N–H and O–H groups in total. The highest BCUT2D eigenvalue weighted by molar-refractivity contribution is 5.92. The number of hydrogen-bond donors (Lipinski definition) is 3. The van der Waals surface area contributed by atoms with Gasteiger partial charge in [-0.3, -0.25) is 9.59 Å². The summed E-state index contributed by atoms with van der Waals surface area (Å²) in [6.07, 6.45) is 2.77. The molecule has 2 aromatic carbocycles. The Balaban J connectivity index is 1.71. The van der Waals surface area contributed by atoms with E-state index in [1.54, 1.807) is 46.1 Å². The van der Waals surface area contributed by atoms with Crippen LogP contribution in [0.1, 0.15) is 38.3 Å². The van der Waals surface area contributed by atoms with Gasteiger partial charge in [-0.05, 0) is 62.2 Å². The van der Waals surface area contributed by atoms with Gasteiger partial charge in [-0.2, -0.15) is 0 Å². The van der Waals surface area contributed by atoms with Gasteiger partial charge in [0, 0.05) is 31.3 Å². The molecule has 0 saturated heterocycles. The third-order valence-electron chi connectivity index (χ3n) is 4.27. The lowest BCUT2D eigenvalue weighted by atomic mass is 10.2. The number of rotatable bonds is 9. The van der Waals surface area contributed by atoms with E-state index >= 15 is 0 Å². The molecule has 0 heterocycles. The van der Waals surface area contributed by atoms with Gasteiger partial charge in [-0.25, -0.2) is 4.79 Å². The van der Waals surface area contributed by atoms with Crippen molar-refractivity contribution in [2.75, 3.05) is 19.0 Å². The molecule has 0 spiro atoms. The first-order chi connectivity index (χ1) is 15.6. The Morgan fingerprint density at radius 1 is 0.939 bits per heavy atom. The molecule has 2 rings (SSSR count). The Bertz CT molecular complexity index is 961. The predicted molar refractivity (Wildman–Crippen MR) is 128 cm³/mol. The van der Waals surface area contributed by atoms with E-state index in [0.717, 1.165) is 16.9 Å². The molecule has 176 valence electrons. The number of hydrogen-bond acceptors (Lipinski definition) is 5. The lowest BCUT2D eigenvalue weighted by Gasteiger charge is -2.19. The molecule has 8 nitrogen and oxygen atoms in total. The number of amides is 3. The topological polar surface area (TPSA) is 106 Å². The first-order valence-corrected chi connectivity index (χ1v) is 10.6. The van der Waals surface area contributed by atoms with Crippen LogP contribution in [-0.4, -0.2) is 37.2 Å². The molecule has 0 aliphatic heterocycles. The standard InChI is InChI=1S/C25H31N3O5/c1-25(2,3)33-24(31)26-16-15-23(30)28-20-10-5-19(6-11-20)17-27-22(29)14-9-18-7-12-21(32-4)13-8-18/h5-14H,15-17H2,1-4H3,(H,26,31)(H,27,29)(H,28,30)/b14-9+. The number of ether oxygens (including phenoxy) is 2. The highest BCUT2D eigenvalue weighted by Gasteiger charge is 2.15. The fraction of sp³-hybridized carbons (Fsp3) is 0.320. The van der Waals surface area contributed by atoms with Crippen molar-refractivity contribution in [2.45, 2.75) is 39.3 Å². The van der Waals surface area contributed by atoms with Crippen molar-refractivity contribution in [1.82, 2.24) is 10.6 Å². The maximum absolute atomic E-state index is 12.0. The maximum Gasteiger partial charge on any atom is 0.407 e. The van der Waals surface area contributed by atoms with Gasteiger partial charge in [0.25, 0.3) is 0 Å². The highest BCUT2D eigenvalue weighted by Crippen LogP contribution is 2.13. The molecule has 0 unspecified atom stereocenters. The fourth-order valence-electron chi connectivity index (χ4n) is 2.66. The quantitative estimate of drug-likeness (QED) is 0.500. The van der Waals surface area contributed by atoms with Crippen LogP contribution in [0.5, 0.6) is 5.75 Å². The Kier molecular flexibility index (Phi) is 9.47. The minimum atomic E-state index is -0.583. The minimum Gasteiger partial charge on any atom is -0.497 e. The van der Waals surface area contributed by atoms with Crippen LogP contribution in [0.3, 0.4) is 0 Å². The van der Waals surface area contributed by atoms with Crippen LogP contribution >= 0.6 is 0 Å². The van der Waals surface area contributed by atoms with Crippen LogP contribution in [0.15, 0.2) is 54.6 Å². The van der Waals surface area contributed by atoms with Crippen LogP contribution in [0.25, 0.3) is 6.08 Å². The Morgan fingerprint density at radius 2 is 1.61 bits per heavy atom. The summed E-state index contributed by atoms with van der Waals surface area (Å²) >= 11 is 0. The zero-order valence-corrected chi connectivity index (χ0v) is 19.4. The molecule has 0 aromatic heterocycles. The summed E-state index contributed by atoms with van der Waals surface area (Å²) in [5.41, 5.74) is 1.84. The third kappa shape index (κ3) is 10.4. The molecule has 8 heteroatoms. The number of nitrogens with one attached hydrogen (secondary N) is 3. The first-order valence-electron chi connectivity index (χ1n) is 10.6. The maximum atomic E-state index is 12.0. The van der Waals surface area contributed by atoms with Gasteiger partial charge in [-0.1, -0.05) is 24.3 Å². The Hall–Kier alpha value is -3.81. The molecule has 2 aromatic rings. The summed E-state index contributed by atoms with van der Waals surface area (Å²) in [5.74, 6) is 0.324. The lowest BCUT2D eigenvalue weighted by Crippen LogP contribution is -2.34. The predicted octanol–water partition coefficient (Wildman–Crippen LogP) is 3.88. The molecular formula is C25H31N3O5. The minimum absolute atomic E-state index is 0.123. The summed E-state index contributed by atoms with van der Waals surface area (Å²) in [7, 11) is 1.60. The number of anilines is 1. The normalized spacial score (nSPS) is 11.0. The van der Waals surface area contributed by atoms with Crippen LogP contribution in [0.2, 0.25) is 0 Å². The number of carbonyl (C=O) groups is 3. The van der Waals surface area contributed by atoms with E-state index in [2.05, 4.69) is 16.0 Å². The van der Waals surface area contributed by atoms with Gasteiger partial charge in [0.15, 0.2) is 0 Å². The molecular weight excluding hydrogens is 422 g/mol. The molecule has 0 fully saturated rings. The molecule has 33 heavy (non-hydrogen) atoms. The van der Waals surface area contributed by atoms with Gasteiger partial charge < -0.3 is 25.4 Å². The van der Waals surface area contributed by atoms with Crippen molar-refractivity contribution in [3.63, 3.8) is 0 Å². The average molecular weight is 454 g/mol. The molecule has 0 bridgehead atoms. The van der Waals surface area contributed by atoms with Gasteiger partial charge in [0.1, 0.15) is 11.4 Å². The van der Waals surface area contributed by atoms with Gasteiger partial charge in [0.05, 0.1) is 7.11 Å². The highest BCUT2D eigenvalue weighted by atomic mass is 16.6. The van der Waals surface area contributed by atoms with E-state index < -0.39 is 11.7 Å². The zero-order valence-electron chi connectivity index (χ0n) is 19.4. The van der Waals surface area contributed by atoms with Crippen LogP contribution in [0.4, 0.5) is 10.5 Å². The second-order valence-electron chi connectivity index (χ2n) is 8.25. The first kappa shape index (κ1) is 25.5. The molecule has 0 aliphatic rings. The van der Waals surface area contributed by atoms with Crippen LogP contribution in [-0.2, 0) is 20.9 Å². The van der Waals surface area contributed by atoms with Gasteiger partial charge in [0.2, 0.25) is 11.8 Å². The van der Waals surface area contributed by atoms with Crippen molar-refractivity contribution >= 4 is 29.7 Å². The van der Waals surface area contributed by atoms with Crippen molar-refractivity contribution < 1.29 is 23.9 Å². The molecule has 0 saturated carbocycles. The molecule has 3 amide bonds. The number of methoxy groups -OCH3 is 1. The number of carbonyl (C=O) groups excluding carboxylic acids is 3. The Morgan fingerprint density at radius 3 is 2.21 bits per heavy atom. The van der Waals surface area contributed by atoms with Gasteiger partial charge in [-0.15, -0.1) is 0 Å². The molecule has 0 aliphatic carbocycles. The number of alkyl carbamates (subject to hydrolysis) is 1. The van der Waals surface area contributed by atoms with Crippen molar-refractivity contribution in [1.29, 1.82) is 0 Å². The summed E-state index contributed by atoms with van der Waals surface area (Å²) in [5, 5.41) is 8.13. The Labute approximate surface area is 194 Å². The van der Waals surface area contributed by atoms with Crippen molar-refractivity contribution in [3.05, 3.63) is 65.7 Å². The van der Waals surface area contributed by atoms with E-state index in [-0.39, 0.29) is 24.8 Å². The lowest BCUT2D eigenvalue weighted by molar-refractivity contribution is -0.117. The van der Waals surface area contributed by atoms with Crippen LogP contribution < -0.4 is 20.7 Å². The summed E-state index contributed by atoms with van der Waals surface area (Å²) < 4.78 is 10.2. The van der Waals surface area contributed by atoms with Crippen molar-refractivity contribution in [2.24, 2.45) is 0 Å². The largest absolute Gasteiger partial charge is 0.497 e.